The van der Waals surface area contributed by atoms with E-state index < -0.39 is 5.97 Å². The molecule has 1 aromatic rings. The molecule has 0 aliphatic rings. The molecular weight excluding hydrogens is 268 g/mol. The maximum atomic E-state index is 12.1. The Bertz CT molecular complexity index is 517. The van der Waals surface area contributed by atoms with E-state index in [1.54, 1.807) is 17.0 Å². The standard InChI is InChI=1S/C16H20N2O3/c1-2-10-18(15(19)4-3-5-16(20)21)12-14-8-6-13(11-17)7-9-14/h6-9H,2-5,10,12H2,1H3,(H,20,21). The molecule has 1 N–H and O–H groups in total. The van der Waals surface area contributed by atoms with Gasteiger partial charge < -0.3 is 10.0 Å². The van der Waals surface area contributed by atoms with Crippen LogP contribution in [0.15, 0.2) is 24.3 Å². The normalized spacial score (nSPS) is 9.90. The summed E-state index contributed by atoms with van der Waals surface area (Å²) < 4.78 is 0. The number of amides is 1. The van der Waals surface area contributed by atoms with E-state index in [0.717, 1.165) is 12.0 Å². The van der Waals surface area contributed by atoms with Crippen LogP contribution in [0.1, 0.15) is 43.7 Å². The van der Waals surface area contributed by atoms with Gasteiger partial charge in [-0.3, -0.25) is 9.59 Å². The van der Waals surface area contributed by atoms with Gasteiger partial charge in [-0.05, 0) is 30.5 Å². The summed E-state index contributed by atoms with van der Waals surface area (Å²) in [5, 5.41) is 17.4. The van der Waals surface area contributed by atoms with E-state index in [4.69, 9.17) is 10.4 Å². The highest BCUT2D eigenvalue weighted by atomic mass is 16.4. The van der Waals surface area contributed by atoms with Crippen LogP contribution in [0, 0.1) is 11.3 Å². The van der Waals surface area contributed by atoms with E-state index in [1.807, 2.05) is 19.1 Å². The minimum absolute atomic E-state index is 0.0164. The number of hydrogen-bond donors (Lipinski definition) is 1. The van der Waals surface area contributed by atoms with Gasteiger partial charge in [-0.1, -0.05) is 19.1 Å². The van der Waals surface area contributed by atoms with Crippen molar-refractivity contribution in [2.75, 3.05) is 6.54 Å². The smallest absolute Gasteiger partial charge is 0.303 e. The van der Waals surface area contributed by atoms with Crippen molar-refractivity contribution in [3.05, 3.63) is 35.4 Å². The Morgan fingerprint density at radius 1 is 1.24 bits per heavy atom. The number of hydrogen-bond acceptors (Lipinski definition) is 3. The minimum Gasteiger partial charge on any atom is -0.481 e. The number of carboxylic acids is 1. The number of rotatable bonds is 8. The number of carboxylic acid groups (broad SMARTS) is 1. The van der Waals surface area contributed by atoms with Crippen molar-refractivity contribution in [2.24, 2.45) is 0 Å². The highest BCUT2D eigenvalue weighted by molar-refractivity contribution is 5.77. The first-order valence-corrected chi connectivity index (χ1v) is 7.05. The predicted molar refractivity (Wildman–Crippen MR) is 78.4 cm³/mol. The summed E-state index contributed by atoms with van der Waals surface area (Å²) in [5.41, 5.74) is 1.56. The van der Waals surface area contributed by atoms with E-state index in [1.165, 1.54) is 0 Å². The van der Waals surface area contributed by atoms with Crippen molar-refractivity contribution in [1.29, 1.82) is 5.26 Å². The monoisotopic (exact) mass is 288 g/mol. The lowest BCUT2D eigenvalue weighted by Gasteiger charge is -2.22. The zero-order chi connectivity index (χ0) is 15.7. The summed E-state index contributed by atoms with van der Waals surface area (Å²) in [6.45, 7) is 3.13. The van der Waals surface area contributed by atoms with Gasteiger partial charge in [-0.2, -0.15) is 5.26 Å². The van der Waals surface area contributed by atoms with Gasteiger partial charge in [-0.25, -0.2) is 0 Å². The first-order valence-electron chi connectivity index (χ1n) is 7.05. The Balaban J connectivity index is 2.61. The van der Waals surface area contributed by atoms with Crippen molar-refractivity contribution < 1.29 is 14.7 Å². The second-order valence-electron chi connectivity index (χ2n) is 4.87. The number of carbonyl (C=O) groups excluding carboxylic acids is 1. The molecule has 0 aromatic heterocycles. The Morgan fingerprint density at radius 2 is 1.90 bits per heavy atom. The topological polar surface area (TPSA) is 81.4 Å². The zero-order valence-corrected chi connectivity index (χ0v) is 12.2. The van der Waals surface area contributed by atoms with Crippen molar-refractivity contribution >= 4 is 11.9 Å². The molecule has 0 saturated carbocycles. The van der Waals surface area contributed by atoms with E-state index in [0.29, 0.717) is 25.1 Å². The number of nitrogens with zero attached hydrogens (tertiary/aromatic N) is 2. The van der Waals surface area contributed by atoms with Gasteiger partial charge >= 0.3 is 5.97 Å². The maximum Gasteiger partial charge on any atom is 0.303 e. The highest BCUT2D eigenvalue weighted by Crippen LogP contribution is 2.10. The molecular formula is C16H20N2O3. The maximum absolute atomic E-state index is 12.1. The molecule has 0 heterocycles. The molecule has 0 aliphatic carbocycles. The molecule has 1 rings (SSSR count). The molecule has 0 saturated heterocycles. The minimum atomic E-state index is -0.878. The Hall–Kier alpha value is -2.35. The fourth-order valence-corrected chi connectivity index (χ4v) is 2.02. The van der Waals surface area contributed by atoms with E-state index in [-0.39, 0.29) is 18.7 Å². The summed E-state index contributed by atoms with van der Waals surface area (Å²) in [6, 6.07) is 9.20. The van der Waals surface area contributed by atoms with Crippen LogP contribution in [0.25, 0.3) is 0 Å². The third-order valence-corrected chi connectivity index (χ3v) is 3.08. The molecule has 0 aliphatic heterocycles. The third kappa shape index (κ3) is 6.09. The van der Waals surface area contributed by atoms with Crippen LogP contribution in [-0.4, -0.2) is 28.4 Å². The molecule has 0 bridgehead atoms. The van der Waals surface area contributed by atoms with Gasteiger partial charge in [0.15, 0.2) is 0 Å². The molecule has 1 aromatic carbocycles. The van der Waals surface area contributed by atoms with Gasteiger partial charge in [0.1, 0.15) is 0 Å². The number of aliphatic carboxylic acids is 1. The Morgan fingerprint density at radius 3 is 2.43 bits per heavy atom. The molecule has 1 amide bonds. The van der Waals surface area contributed by atoms with E-state index in [2.05, 4.69) is 6.07 Å². The van der Waals surface area contributed by atoms with Crippen LogP contribution in [0.2, 0.25) is 0 Å². The lowest BCUT2D eigenvalue weighted by atomic mass is 10.1. The summed E-state index contributed by atoms with van der Waals surface area (Å²) >= 11 is 0. The summed E-state index contributed by atoms with van der Waals surface area (Å²) in [7, 11) is 0. The quantitative estimate of drug-likeness (QED) is 0.797. The SMILES string of the molecule is CCCN(Cc1ccc(C#N)cc1)C(=O)CCCC(=O)O. The Kier molecular flexibility index (Phi) is 6.96. The van der Waals surface area contributed by atoms with Gasteiger partial charge in [0, 0.05) is 25.9 Å². The zero-order valence-electron chi connectivity index (χ0n) is 12.2. The fourth-order valence-electron chi connectivity index (χ4n) is 2.02. The van der Waals surface area contributed by atoms with Crippen molar-refractivity contribution in [2.45, 2.75) is 39.2 Å². The second-order valence-corrected chi connectivity index (χ2v) is 4.87. The predicted octanol–water partition coefficient (Wildman–Crippen LogP) is 2.55. The molecule has 0 radical (unpaired) electrons. The first-order chi connectivity index (χ1) is 10.1. The average molecular weight is 288 g/mol. The van der Waals surface area contributed by atoms with Crippen LogP contribution < -0.4 is 0 Å². The fraction of sp³-hybridized carbons (Fsp3) is 0.438. The van der Waals surface area contributed by atoms with Crippen molar-refractivity contribution in [3.8, 4) is 6.07 Å². The molecule has 0 spiro atoms. The van der Waals surface area contributed by atoms with Crippen LogP contribution in [0.5, 0.6) is 0 Å². The first kappa shape index (κ1) is 16.7. The van der Waals surface area contributed by atoms with Crippen LogP contribution in [0.4, 0.5) is 0 Å². The third-order valence-electron chi connectivity index (χ3n) is 3.08. The average Bonchev–Trinajstić information content (AvgIpc) is 2.47. The number of carbonyl (C=O) groups is 2. The lowest BCUT2D eigenvalue weighted by Crippen LogP contribution is -2.31. The lowest BCUT2D eigenvalue weighted by molar-refractivity contribution is -0.137. The van der Waals surface area contributed by atoms with Crippen LogP contribution in [0.3, 0.4) is 0 Å². The largest absolute Gasteiger partial charge is 0.481 e. The van der Waals surface area contributed by atoms with Crippen LogP contribution in [-0.2, 0) is 16.1 Å². The Labute approximate surface area is 124 Å². The summed E-state index contributed by atoms with van der Waals surface area (Å²) in [6.07, 6.45) is 1.48. The van der Waals surface area contributed by atoms with Gasteiger partial charge in [0.2, 0.25) is 5.91 Å². The van der Waals surface area contributed by atoms with E-state index >= 15 is 0 Å². The number of nitriles is 1. The molecule has 0 fully saturated rings. The van der Waals surface area contributed by atoms with Crippen LogP contribution >= 0.6 is 0 Å². The van der Waals surface area contributed by atoms with Gasteiger partial charge in [-0.15, -0.1) is 0 Å². The van der Waals surface area contributed by atoms with Gasteiger partial charge in [0.25, 0.3) is 0 Å². The molecule has 21 heavy (non-hydrogen) atoms. The number of benzene rings is 1. The van der Waals surface area contributed by atoms with Crippen molar-refractivity contribution in [3.63, 3.8) is 0 Å². The van der Waals surface area contributed by atoms with Gasteiger partial charge in [0.05, 0.1) is 11.6 Å². The molecule has 0 atom stereocenters. The summed E-state index contributed by atoms with van der Waals surface area (Å²) in [5.74, 6) is -0.903. The summed E-state index contributed by atoms with van der Waals surface area (Å²) in [4.78, 5) is 24.3. The van der Waals surface area contributed by atoms with E-state index in [9.17, 15) is 9.59 Å². The molecule has 5 heteroatoms. The van der Waals surface area contributed by atoms with Crippen molar-refractivity contribution in [1.82, 2.24) is 4.90 Å². The molecule has 0 unspecified atom stereocenters. The molecule has 5 nitrogen and oxygen atoms in total. The molecule has 112 valence electrons. The highest BCUT2D eigenvalue weighted by Gasteiger charge is 2.13. The second kappa shape index (κ2) is 8.75.